The summed E-state index contributed by atoms with van der Waals surface area (Å²) in [5, 5.41) is 0. The lowest BCUT2D eigenvalue weighted by Crippen LogP contribution is -2.29. The molecule has 3 nitrogen and oxygen atoms in total. The van der Waals surface area contributed by atoms with E-state index in [4.69, 9.17) is 4.74 Å². The third-order valence-electron chi connectivity index (χ3n) is 2.96. The van der Waals surface area contributed by atoms with Crippen LogP contribution in [0.5, 0.6) is 0 Å². The molecule has 0 aliphatic carbocycles. The van der Waals surface area contributed by atoms with E-state index in [1.807, 2.05) is 37.3 Å². The molecule has 0 aliphatic heterocycles. The lowest BCUT2D eigenvalue weighted by Gasteiger charge is -2.22. The van der Waals surface area contributed by atoms with Gasteiger partial charge in [-0.1, -0.05) is 37.3 Å². The molecule has 2 unspecified atom stereocenters. The molecular weight excluding hydrogens is 216 g/mol. The second-order valence-corrected chi connectivity index (χ2v) is 4.04. The molecule has 0 spiro atoms. The molecule has 0 fully saturated rings. The molecule has 3 heteroatoms. The number of methoxy groups -OCH3 is 1. The van der Waals surface area contributed by atoms with Crippen LogP contribution in [-0.2, 0) is 14.3 Å². The van der Waals surface area contributed by atoms with E-state index in [1.54, 1.807) is 0 Å². The average Bonchev–Trinajstić information content (AvgIpc) is 2.35. The Labute approximate surface area is 102 Å². The summed E-state index contributed by atoms with van der Waals surface area (Å²) in [6.07, 6.45) is 0.726. The molecule has 1 aromatic carbocycles. The van der Waals surface area contributed by atoms with E-state index >= 15 is 0 Å². The van der Waals surface area contributed by atoms with Gasteiger partial charge in [-0.15, -0.1) is 0 Å². The zero-order chi connectivity index (χ0) is 12.8. The summed E-state index contributed by atoms with van der Waals surface area (Å²) >= 11 is 0. The van der Waals surface area contributed by atoms with Crippen molar-refractivity contribution in [3.05, 3.63) is 35.9 Å². The van der Waals surface area contributed by atoms with Crippen LogP contribution in [0.4, 0.5) is 0 Å². The fraction of sp³-hybridized carbons (Fsp3) is 0.429. The molecule has 0 aliphatic rings. The van der Waals surface area contributed by atoms with Crippen molar-refractivity contribution in [2.45, 2.75) is 26.2 Å². The third-order valence-corrected chi connectivity index (χ3v) is 2.96. The van der Waals surface area contributed by atoms with Gasteiger partial charge in [0.1, 0.15) is 11.7 Å². The number of carbonyl (C=O) groups is 2. The van der Waals surface area contributed by atoms with Crippen molar-refractivity contribution < 1.29 is 14.3 Å². The molecule has 0 aromatic heterocycles. The number of benzene rings is 1. The highest BCUT2D eigenvalue weighted by atomic mass is 16.5. The Morgan fingerprint density at radius 1 is 1.24 bits per heavy atom. The largest absolute Gasteiger partial charge is 0.468 e. The molecule has 2 atom stereocenters. The monoisotopic (exact) mass is 234 g/mol. The zero-order valence-electron chi connectivity index (χ0n) is 10.5. The van der Waals surface area contributed by atoms with Gasteiger partial charge in [-0.25, -0.2) is 0 Å². The summed E-state index contributed by atoms with van der Waals surface area (Å²) in [6.45, 7) is 3.41. The van der Waals surface area contributed by atoms with E-state index in [1.165, 1.54) is 14.0 Å². The highest BCUT2D eigenvalue weighted by Crippen LogP contribution is 2.29. The summed E-state index contributed by atoms with van der Waals surface area (Å²) < 4.78 is 4.72. The number of Topliss-reactive ketones (excluding diaryl/α,β-unsaturated/α-hetero) is 1. The van der Waals surface area contributed by atoms with Gasteiger partial charge < -0.3 is 4.74 Å². The lowest BCUT2D eigenvalue weighted by molar-refractivity contribution is -0.149. The van der Waals surface area contributed by atoms with Crippen molar-refractivity contribution in [2.75, 3.05) is 7.11 Å². The Hall–Kier alpha value is -1.64. The quantitative estimate of drug-likeness (QED) is 0.581. The summed E-state index contributed by atoms with van der Waals surface area (Å²) in [5.74, 6) is -1.41. The van der Waals surface area contributed by atoms with Crippen molar-refractivity contribution in [3.8, 4) is 0 Å². The van der Waals surface area contributed by atoms with Crippen molar-refractivity contribution in [2.24, 2.45) is 5.92 Å². The standard InChI is InChI=1S/C14H18O3/c1-4-12(11-8-6-5-7-9-11)13(10(2)15)14(16)17-3/h5-9,12-13H,4H2,1-3H3. The number of rotatable bonds is 5. The van der Waals surface area contributed by atoms with E-state index in [0.29, 0.717) is 0 Å². The number of hydrogen-bond acceptors (Lipinski definition) is 3. The molecule has 0 bridgehead atoms. The smallest absolute Gasteiger partial charge is 0.316 e. The van der Waals surface area contributed by atoms with Gasteiger partial charge in [0.05, 0.1) is 7.11 Å². The second-order valence-electron chi connectivity index (χ2n) is 4.04. The van der Waals surface area contributed by atoms with Crippen LogP contribution in [0.25, 0.3) is 0 Å². The summed E-state index contributed by atoms with van der Waals surface area (Å²) in [7, 11) is 1.32. The van der Waals surface area contributed by atoms with Crippen molar-refractivity contribution in [1.29, 1.82) is 0 Å². The van der Waals surface area contributed by atoms with Gasteiger partial charge in [0, 0.05) is 5.92 Å². The van der Waals surface area contributed by atoms with Crippen LogP contribution in [-0.4, -0.2) is 18.9 Å². The Bertz CT molecular complexity index is 384. The molecule has 0 N–H and O–H groups in total. The van der Waals surface area contributed by atoms with Gasteiger partial charge in [0.2, 0.25) is 0 Å². The summed E-state index contributed by atoms with van der Waals surface area (Å²) in [6, 6.07) is 9.61. The zero-order valence-corrected chi connectivity index (χ0v) is 10.5. The molecule has 1 aromatic rings. The predicted octanol–water partition coefficient (Wildman–Crippen LogP) is 2.56. The maximum Gasteiger partial charge on any atom is 0.316 e. The van der Waals surface area contributed by atoms with E-state index in [9.17, 15) is 9.59 Å². The fourth-order valence-electron chi connectivity index (χ4n) is 2.10. The molecule has 0 amide bonds. The van der Waals surface area contributed by atoms with Gasteiger partial charge in [0.15, 0.2) is 0 Å². The molecule has 92 valence electrons. The normalized spacial score (nSPS) is 13.8. The molecule has 0 saturated heterocycles. The van der Waals surface area contributed by atoms with Gasteiger partial charge in [0.25, 0.3) is 0 Å². The van der Waals surface area contributed by atoms with Crippen LogP contribution < -0.4 is 0 Å². The van der Waals surface area contributed by atoms with Gasteiger partial charge in [-0.2, -0.15) is 0 Å². The third kappa shape index (κ3) is 3.16. The molecule has 17 heavy (non-hydrogen) atoms. The van der Waals surface area contributed by atoms with Crippen LogP contribution >= 0.6 is 0 Å². The van der Waals surface area contributed by atoms with Crippen molar-refractivity contribution >= 4 is 11.8 Å². The first-order valence-corrected chi connectivity index (χ1v) is 5.75. The minimum Gasteiger partial charge on any atom is -0.468 e. The summed E-state index contributed by atoms with van der Waals surface area (Å²) in [5.41, 5.74) is 1.00. The topological polar surface area (TPSA) is 43.4 Å². The SMILES string of the molecule is CCC(c1ccccc1)C(C(C)=O)C(=O)OC. The number of esters is 1. The number of carbonyl (C=O) groups excluding carboxylic acids is 2. The van der Waals surface area contributed by atoms with Gasteiger partial charge >= 0.3 is 5.97 Å². The molecule has 0 radical (unpaired) electrons. The minimum atomic E-state index is -0.701. The molecular formula is C14H18O3. The van der Waals surface area contributed by atoms with E-state index in [2.05, 4.69) is 0 Å². The van der Waals surface area contributed by atoms with Crippen LogP contribution in [0.15, 0.2) is 30.3 Å². The molecule has 0 heterocycles. The Balaban J connectivity index is 3.06. The van der Waals surface area contributed by atoms with Crippen LogP contribution in [0.2, 0.25) is 0 Å². The van der Waals surface area contributed by atoms with Crippen LogP contribution in [0.3, 0.4) is 0 Å². The number of hydrogen-bond donors (Lipinski definition) is 0. The Kier molecular flexibility index (Phi) is 4.88. The predicted molar refractivity (Wildman–Crippen MR) is 65.7 cm³/mol. The summed E-state index contributed by atoms with van der Waals surface area (Å²) in [4.78, 5) is 23.3. The maximum absolute atomic E-state index is 11.7. The highest BCUT2D eigenvalue weighted by Gasteiger charge is 2.32. The Morgan fingerprint density at radius 2 is 1.82 bits per heavy atom. The van der Waals surface area contributed by atoms with Crippen LogP contribution in [0.1, 0.15) is 31.7 Å². The van der Waals surface area contributed by atoms with Crippen molar-refractivity contribution in [1.82, 2.24) is 0 Å². The minimum absolute atomic E-state index is 0.110. The number of ether oxygens (including phenoxy) is 1. The first kappa shape index (κ1) is 13.4. The Morgan fingerprint density at radius 3 is 2.24 bits per heavy atom. The highest BCUT2D eigenvalue weighted by molar-refractivity contribution is 5.98. The fourth-order valence-corrected chi connectivity index (χ4v) is 2.10. The van der Waals surface area contributed by atoms with E-state index in [0.717, 1.165) is 12.0 Å². The van der Waals surface area contributed by atoms with E-state index in [-0.39, 0.29) is 11.7 Å². The first-order chi connectivity index (χ1) is 8.11. The second kappa shape index (κ2) is 6.18. The molecule has 1 rings (SSSR count). The van der Waals surface area contributed by atoms with Crippen LogP contribution in [0, 0.1) is 5.92 Å². The van der Waals surface area contributed by atoms with Crippen molar-refractivity contribution in [3.63, 3.8) is 0 Å². The van der Waals surface area contributed by atoms with E-state index < -0.39 is 11.9 Å². The van der Waals surface area contributed by atoms with Gasteiger partial charge in [-0.05, 0) is 18.9 Å². The lowest BCUT2D eigenvalue weighted by atomic mass is 9.82. The first-order valence-electron chi connectivity index (χ1n) is 5.75. The maximum atomic E-state index is 11.7. The number of ketones is 1. The molecule has 0 saturated carbocycles. The average molecular weight is 234 g/mol. The van der Waals surface area contributed by atoms with Gasteiger partial charge in [-0.3, -0.25) is 9.59 Å².